The molecule has 0 radical (unpaired) electrons. The Morgan fingerprint density at radius 2 is 2.04 bits per heavy atom. The van der Waals surface area contributed by atoms with E-state index in [-0.39, 0.29) is 5.91 Å². The maximum atomic E-state index is 12.2. The van der Waals surface area contributed by atoms with Gasteiger partial charge in [-0.3, -0.25) is 4.79 Å². The number of likely N-dealkylation sites (N-methyl/N-ethyl adjacent to an activating group) is 1. The summed E-state index contributed by atoms with van der Waals surface area (Å²) in [7, 11) is 2.18. The minimum atomic E-state index is 0.0889. The number of rotatable bonds is 6. The average Bonchev–Trinajstić information content (AvgIpc) is 3.00. The van der Waals surface area contributed by atoms with Crippen LogP contribution in [-0.2, 0) is 11.3 Å². The summed E-state index contributed by atoms with van der Waals surface area (Å²) in [5.41, 5.74) is 2.38. The van der Waals surface area contributed by atoms with Crippen LogP contribution in [0.15, 0.2) is 30.5 Å². The number of carbonyl (C=O) groups excluding carboxylic acids is 1. The van der Waals surface area contributed by atoms with E-state index in [1.54, 1.807) is 0 Å². The van der Waals surface area contributed by atoms with Gasteiger partial charge >= 0.3 is 0 Å². The number of nitrogens with zero attached hydrogens (tertiary/aromatic N) is 2. The number of aromatic nitrogens is 1. The zero-order valence-corrected chi connectivity index (χ0v) is 14.9. The number of carbonyl (C=O) groups is 1. The molecule has 0 unspecified atom stereocenters. The molecule has 1 saturated carbocycles. The highest BCUT2D eigenvalue weighted by Gasteiger charge is 2.17. The van der Waals surface area contributed by atoms with Gasteiger partial charge in [-0.1, -0.05) is 31.4 Å². The lowest BCUT2D eigenvalue weighted by molar-refractivity contribution is -0.121. The topological polar surface area (TPSA) is 37.3 Å². The van der Waals surface area contributed by atoms with E-state index >= 15 is 0 Å². The number of aryl methyl sites for hydroxylation is 1. The van der Waals surface area contributed by atoms with Crippen LogP contribution in [0.25, 0.3) is 10.9 Å². The van der Waals surface area contributed by atoms with Crippen LogP contribution in [-0.4, -0.2) is 41.6 Å². The Labute approximate surface area is 144 Å². The van der Waals surface area contributed by atoms with E-state index in [1.807, 2.05) is 16.8 Å². The first-order valence-corrected chi connectivity index (χ1v) is 9.16. The molecule has 4 heteroatoms. The molecule has 1 heterocycles. The molecule has 1 aromatic heterocycles. The number of hydrogen-bond acceptors (Lipinski definition) is 2. The maximum absolute atomic E-state index is 12.2. The molecule has 130 valence electrons. The summed E-state index contributed by atoms with van der Waals surface area (Å²) in [6.45, 7) is 4.15. The highest BCUT2D eigenvalue weighted by Crippen LogP contribution is 2.21. The minimum absolute atomic E-state index is 0.0889. The zero-order chi connectivity index (χ0) is 16.9. The van der Waals surface area contributed by atoms with Gasteiger partial charge in [-0.2, -0.15) is 0 Å². The Bertz CT molecular complexity index is 685. The van der Waals surface area contributed by atoms with E-state index in [9.17, 15) is 4.79 Å². The van der Waals surface area contributed by atoms with Gasteiger partial charge in [-0.25, -0.2) is 0 Å². The van der Waals surface area contributed by atoms with Crippen molar-refractivity contribution in [2.24, 2.45) is 0 Å². The second kappa shape index (κ2) is 7.84. The Morgan fingerprint density at radius 1 is 1.25 bits per heavy atom. The molecule has 24 heavy (non-hydrogen) atoms. The minimum Gasteiger partial charge on any atom is -0.353 e. The number of nitrogens with one attached hydrogen (secondary N) is 1. The Hall–Kier alpha value is -1.81. The number of amides is 1. The van der Waals surface area contributed by atoms with Gasteiger partial charge in [0.15, 0.2) is 0 Å². The molecule has 3 rings (SSSR count). The van der Waals surface area contributed by atoms with E-state index in [0.717, 1.165) is 18.6 Å². The highest BCUT2D eigenvalue weighted by atomic mass is 16.1. The van der Waals surface area contributed by atoms with E-state index in [2.05, 4.69) is 42.4 Å². The molecule has 0 bridgehead atoms. The Kier molecular flexibility index (Phi) is 5.56. The zero-order valence-electron chi connectivity index (χ0n) is 14.9. The fourth-order valence-electron chi connectivity index (χ4n) is 3.80. The van der Waals surface area contributed by atoms with Crippen LogP contribution >= 0.6 is 0 Å². The molecular formula is C20H29N3O. The molecule has 2 aromatic rings. The van der Waals surface area contributed by atoms with Gasteiger partial charge in [0.1, 0.15) is 6.54 Å². The monoisotopic (exact) mass is 327 g/mol. The molecule has 0 aliphatic heterocycles. The standard InChI is InChI=1S/C20H29N3O/c1-16-7-6-10-19-18(16)11-13-23(19)15-20(24)21-12-14-22(2)17-8-4-3-5-9-17/h6-7,10-11,13,17H,3-5,8-9,12,14-15H2,1-2H3,(H,21,24). The van der Waals surface area contributed by atoms with E-state index in [4.69, 9.17) is 0 Å². The summed E-state index contributed by atoms with van der Waals surface area (Å²) in [6, 6.07) is 9.02. The first kappa shape index (κ1) is 17.0. The van der Waals surface area contributed by atoms with Crippen molar-refractivity contribution in [2.75, 3.05) is 20.1 Å². The Morgan fingerprint density at radius 3 is 2.83 bits per heavy atom. The smallest absolute Gasteiger partial charge is 0.239 e. The van der Waals surface area contributed by atoms with Crippen molar-refractivity contribution in [3.63, 3.8) is 0 Å². The summed E-state index contributed by atoms with van der Waals surface area (Å²) in [4.78, 5) is 14.7. The molecule has 1 aliphatic rings. The van der Waals surface area contributed by atoms with E-state index in [0.29, 0.717) is 12.6 Å². The largest absolute Gasteiger partial charge is 0.353 e. The van der Waals surface area contributed by atoms with E-state index < -0.39 is 0 Å². The SMILES string of the molecule is Cc1cccc2c1ccn2CC(=O)NCCN(C)C1CCCCC1. The van der Waals surface area contributed by atoms with E-state index in [1.165, 1.54) is 43.1 Å². The first-order valence-electron chi connectivity index (χ1n) is 9.16. The molecule has 0 atom stereocenters. The lowest BCUT2D eigenvalue weighted by Gasteiger charge is -2.31. The predicted molar refractivity (Wildman–Crippen MR) is 99.2 cm³/mol. The van der Waals surface area contributed by atoms with Gasteiger partial charge in [0, 0.05) is 36.2 Å². The van der Waals surface area contributed by atoms with Crippen molar-refractivity contribution >= 4 is 16.8 Å². The third-order valence-electron chi connectivity index (χ3n) is 5.33. The lowest BCUT2D eigenvalue weighted by Crippen LogP contribution is -2.40. The van der Waals surface area contributed by atoms with Gasteiger partial charge in [0.05, 0.1) is 0 Å². The van der Waals surface area contributed by atoms with Crippen LogP contribution in [0.2, 0.25) is 0 Å². The van der Waals surface area contributed by atoms with Gasteiger partial charge in [0.2, 0.25) is 5.91 Å². The van der Waals surface area contributed by atoms with Gasteiger partial charge in [-0.05, 0) is 44.5 Å². The van der Waals surface area contributed by atoms with Crippen molar-refractivity contribution in [1.29, 1.82) is 0 Å². The van der Waals surface area contributed by atoms with Crippen LogP contribution in [0.3, 0.4) is 0 Å². The molecule has 4 nitrogen and oxygen atoms in total. The molecule has 1 aromatic carbocycles. The summed E-state index contributed by atoms with van der Waals surface area (Å²) in [5.74, 6) is 0.0889. The highest BCUT2D eigenvalue weighted by molar-refractivity contribution is 5.85. The third kappa shape index (κ3) is 3.99. The van der Waals surface area contributed by atoms with Crippen LogP contribution in [0.4, 0.5) is 0 Å². The molecule has 0 spiro atoms. The summed E-state index contributed by atoms with van der Waals surface area (Å²) in [5, 5.41) is 4.29. The fourth-order valence-corrected chi connectivity index (χ4v) is 3.80. The van der Waals surface area contributed by atoms with Gasteiger partial charge in [-0.15, -0.1) is 0 Å². The fraction of sp³-hybridized carbons (Fsp3) is 0.550. The second-order valence-electron chi connectivity index (χ2n) is 7.07. The number of fused-ring (bicyclic) bond motifs is 1. The van der Waals surface area contributed by atoms with Gasteiger partial charge in [0.25, 0.3) is 0 Å². The summed E-state index contributed by atoms with van der Waals surface area (Å²) >= 11 is 0. The summed E-state index contributed by atoms with van der Waals surface area (Å²) in [6.07, 6.45) is 8.69. The van der Waals surface area contributed by atoms with Crippen molar-refractivity contribution in [2.45, 2.75) is 51.6 Å². The second-order valence-corrected chi connectivity index (χ2v) is 7.07. The van der Waals surface area contributed by atoms with Crippen LogP contribution < -0.4 is 5.32 Å². The third-order valence-corrected chi connectivity index (χ3v) is 5.33. The lowest BCUT2D eigenvalue weighted by atomic mass is 9.94. The van der Waals surface area contributed by atoms with Crippen molar-refractivity contribution in [3.05, 3.63) is 36.0 Å². The van der Waals surface area contributed by atoms with Crippen LogP contribution in [0.1, 0.15) is 37.7 Å². The van der Waals surface area contributed by atoms with Crippen molar-refractivity contribution in [3.8, 4) is 0 Å². The molecular weight excluding hydrogens is 298 g/mol. The van der Waals surface area contributed by atoms with Crippen molar-refractivity contribution in [1.82, 2.24) is 14.8 Å². The van der Waals surface area contributed by atoms with Crippen LogP contribution in [0, 0.1) is 6.92 Å². The van der Waals surface area contributed by atoms with Crippen LogP contribution in [0.5, 0.6) is 0 Å². The quantitative estimate of drug-likeness (QED) is 0.883. The normalized spacial score (nSPS) is 16.0. The molecule has 1 amide bonds. The molecule has 1 fully saturated rings. The number of hydrogen-bond donors (Lipinski definition) is 1. The van der Waals surface area contributed by atoms with Gasteiger partial charge < -0.3 is 14.8 Å². The summed E-state index contributed by atoms with van der Waals surface area (Å²) < 4.78 is 2.03. The van der Waals surface area contributed by atoms with Crippen molar-refractivity contribution < 1.29 is 4.79 Å². The molecule has 1 aliphatic carbocycles. The predicted octanol–water partition coefficient (Wildman–Crippen LogP) is 3.33. The molecule has 0 saturated heterocycles. The first-order chi connectivity index (χ1) is 11.6. The maximum Gasteiger partial charge on any atom is 0.239 e. The Balaban J connectivity index is 1.47. The molecule has 1 N–H and O–H groups in total. The number of benzene rings is 1. The average molecular weight is 327 g/mol.